The van der Waals surface area contributed by atoms with Gasteiger partial charge in [-0.2, -0.15) is 8.78 Å². The smallest absolute Gasteiger partial charge is 0.346 e. The normalized spacial score (nSPS) is 23.2. The number of carbonyl (C=O) groups excluding carboxylic acids is 4. The van der Waals surface area contributed by atoms with E-state index in [2.05, 4.69) is 10.6 Å². The second-order valence-electron chi connectivity index (χ2n) is 9.98. The zero-order valence-corrected chi connectivity index (χ0v) is 21.0. The van der Waals surface area contributed by atoms with Crippen molar-refractivity contribution in [3.63, 3.8) is 0 Å². The summed E-state index contributed by atoms with van der Waals surface area (Å²) in [5.41, 5.74) is -0.277. The first-order valence-corrected chi connectivity index (χ1v) is 11.8. The molecule has 4 amide bonds. The van der Waals surface area contributed by atoms with Gasteiger partial charge >= 0.3 is 5.92 Å². The number of alkyl halides is 2. The van der Waals surface area contributed by atoms with Gasteiger partial charge in [0.25, 0.3) is 11.8 Å². The molecule has 1 unspecified atom stereocenters. The molecular weight excluding hydrogens is 487 g/mol. The van der Waals surface area contributed by atoms with Crippen LogP contribution in [0.15, 0.2) is 42.5 Å². The number of amides is 4. The molecule has 182 valence electrons. The Balaban J connectivity index is 1.52. The molecule has 4 rings (SSSR count). The van der Waals surface area contributed by atoms with Gasteiger partial charge in [-0.05, 0) is 29.3 Å². The highest BCUT2D eigenvalue weighted by Crippen LogP contribution is 2.49. The monoisotopic (exact) mass is 509 g/mol. The average molecular weight is 509 g/mol. The number of imide groups is 1. The van der Waals surface area contributed by atoms with Gasteiger partial charge in [0.05, 0.1) is 5.44 Å². The fourth-order valence-electron chi connectivity index (χ4n) is 4.78. The maximum absolute atomic E-state index is 14.6. The van der Waals surface area contributed by atoms with Crippen molar-refractivity contribution in [2.24, 2.45) is 0 Å². The van der Waals surface area contributed by atoms with E-state index >= 15 is 0 Å². The van der Waals surface area contributed by atoms with Gasteiger partial charge in [-0.3, -0.25) is 24.5 Å². The summed E-state index contributed by atoms with van der Waals surface area (Å²) in [5, 5.41) is 4.05. The SMILES string of the molecule is BC1C(=O)NC(=O)[C@](B)(N2Cc3cc(CNC(=O)C(F)(F)c4ccc(Cl)cc4)ccc3C2=O)C1(B)B. The lowest BCUT2D eigenvalue weighted by molar-refractivity contribution is -0.147. The van der Waals surface area contributed by atoms with Crippen LogP contribution in [0.25, 0.3) is 0 Å². The Morgan fingerprint density at radius 2 is 1.78 bits per heavy atom. The maximum Gasteiger partial charge on any atom is 0.349 e. The zero-order chi connectivity index (χ0) is 26.6. The lowest BCUT2D eigenvalue weighted by Crippen LogP contribution is -2.72. The van der Waals surface area contributed by atoms with E-state index in [0.717, 1.165) is 12.1 Å². The first-order chi connectivity index (χ1) is 16.7. The number of carbonyl (C=O) groups is 4. The van der Waals surface area contributed by atoms with Crippen LogP contribution in [-0.2, 0) is 33.4 Å². The van der Waals surface area contributed by atoms with Crippen LogP contribution >= 0.6 is 11.6 Å². The van der Waals surface area contributed by atoms with Crippen molar-refractivity contribution in [3.8, 4) is 0 Å². The van der Waals surface area contributed by atoms with Crippen molar-refractivity contribution in [1.29, 1.82) is 0 Å². The predicted molar refractivity (Wildman–Crippen MR) is 140 cm³/mol. The van der Waals surface area contributed by atoms with Gasteiger partial charge in [-0.25, -0.2) is 0 Å². The van der Waals surface area contributed by atoms with Gasteiger partial charge in [0.2, 0.25) is 11.8 Å². The molecule has 1 saturated heterocycles. The number of hydrogen-bond acceptors (Lipinski definition) is 4. The van der Waals surface area contributed by atoms with Gasteiger partial charge in [0.1, 0.15) is 31.4 Å². The third kappa shape index (κ3) is 3.93. The molecule has 2 N–H and O–H groups in total. The molecule has 2 atom stereocenters. The molecule has 0 aromatic heterocycles. The van der Waals surface area contributed by atoms with E-state index in [1.54, 1.807) is 49.6 Å². The van der Waals surface area contributed by atoms with Crippen LogP contribution in [0.1, 0.15) is 27.0 Å². The molecule has 14 heteroatoms. The molecule has 1 fully saturated rings. The van der Waals surface area contributed by atoms with E-state index in [4.69, 9.17) is 11.6 Å². The van der Waals surface area contributed by atoms with Crippen molar-refractivity contribution in [1.82, 2.24) is 15.5 Å². The molecule has 2 aliphatic heterocycles. The lowest BCUT2D eigenvalue weighted by atomic mass is 9.31. The molecule has 2 heterocycles. The fraction of sp³-hybridized carbons (Fsp3) is 0.273. The van der Waals surface area contributed by atoms with Gasteiger partial charge in [0, 0.05) is 35.1 Å². The maximum atomic E-state index is 14.6. The summed E-state index contributed by atoms with van der Waals surface area (Å²) in [7, 11) is 6.93. The number of nitrogens with one attached hydrogen (secondary N) is 2. The number of fused-ring (bicyclic) bond motifs is 1. The number of hydrogen-bond donors (Lipinski definition) is 2. The summed E-state index contributed by atoms with van der Waals surface area (Å²) in [6.45, 7) is -0.0799. The second kappa shape index (κ2) is 8.80. The molecule has 0 radical (unpaired) electrons. The third-order valence-corrected chi connectivity index (χ3v) is 8.12. The minimum atomic E-state index is -3.75. The Morgan fingerprint density at radius 1 is 1.14 bits per heavy atom. The summed E-state index contributed by atoms with van der Waals surface area (Å²) < 4.78 is 29.1. The third-order valence-electron chi connectivity index (χ3n) is 7.87. The summed E-state index contributed by atoms with van der Waals surface area (Å²) in [4.78, 5) is 52.2. The zero-order valence-electron chi connectivity index (χ0n) is 20.2. The summed E-state index contributed by atoms with van der Waals surface area (Å²) in [6, 6.07) is 9.53. The highest BCUT2D eigenvalue weighted by molar-refractivity contribution is 6.57. The number of benzene rings is 2. The standard InChI is InChI=1S/C22H22B4ClF2N3O4/c23-15-16(33)31-19(36)22(26,21(15,24)25)32-9-11-7-10(1-6-14(11)17(32)34)8-30-18(35)20(28,29)12-2-4-13(27)5-3-12/h1-7,15H,8-9,23-26H2,(H,30,35)(H,31,33,36)/t15?,22-/m0/s1. The Labute approximate surface area is 215 Å². The van der Waals surface area contributed by atoms with Crippen LogP contribution in [-0.4, -0.2) is 65.4 Å². The molecule has 0 bridgehead atoms. The molecule has 2 aromatic carbocycles. The molecule has 0 spiro atoms. The summed E-state index contributed by atoms with van der Waals surface area (Å²) >= 11 is 5.73. The van der Waals surface area contributed by atoms with E-state index in [9.17, 15) is 28.0 Å². The summed E-state index contributed by atoms with van der Waals surface area (Å²) in [6.07, 6.45) is 0. The highest BCUT2D eigenvalue weighted by atomic mass is 35.5. The van der Waals surface area contributed by atoms with Crippen LogP contribution in [0.4, 0.5) is 8.78 Å². The van der Waals surface area contributed by atoms with Crippen LogP contribution in [0.3, 0.4) is 0 Å². The van der Waals surface area contributed by atoms with Crippen LogP contribution in [0, 0.1) is 0 Å². The average Bonchev–Trinajstić information content (AvgIpc) is 3.16. The number of halogens is 3. The quantitative estimate of drug-likeness (QED) is 0.379. The van der Waals surface area contributed by atoms with Crippen molar-refractivity contribution < 1.29 is 28.0 Å². The highest BCUT2D eigenvalue weighted by Gasteiger charge is 2.60. The lowest BCUT2D eigenvalue weighted by Gasteiger charge is -2.54. The van der Waals surface area contributed by atoms with Crippen molar-refractivity contribution in [2.45, 2.75) is 35.5 Å². The van der Waals surface area contributed by atoms with E-state index in [0.29, 0.717) is 16.7 Å². The molecular formula is C22H22B4ClF2N3O4. The number of nitrogens with zero attached hydrogens (tertiary/aromatic N) is 1. The van der Waals surface area contributed by atoms with Crippen molar-refractivity contribution in [3.05, 3.63) is 69.7 Å². The Kier molecular flexibility index (Phi) is 6.35. The summed E-state index contributed by atoms with van der Waals surface area (Å²) in [5.74, 6) is -7.04. The van der Waals surface area contributed by atoms with Crippen LogP contribution < -0.4 is 10.6 Å². The predicted octanol–water partition coefficient (Wildman–Crippen LogP) is -1.51. The first kappa shape index (κ1) is 26.0. The fourth-order valence-corrected chi connectivity index (χ4v) is 4.91. The van der Waals surface area contributed by atoms with Gasteiger partial charge in [-0.1, -0.05) is 41.1 Å². The first-order valence-electron chi connectivity index (χ1n) is 11.4. The Morgan fingerprint density at radius 3 is 2.42 bits per heavy atom. The second-order valence-corrected chi connectivity index (χ2v) is 10.4. The molecule has 36 heavy (non-hydrogen) atoms. The van der Waals surface area contributed by atoms with Crippen LogP contribution in [0.5, 0.6) is 0 Å². The minimum Gasteiger partial charge on any atom is -0.346 e. The Bertz CT molecular complexity index is 1290. The number of piperidine rings is 1. The number of rotatable bonds is 5. The molecule has 2 aliphatic rings. The van der Waals surface area contributed by atoms with Crippen LogP contribution in [0.2, 0.25) is 16.1 Å². The van der Waals surface area contributed by atoms with E-state index < -0.39 is 39.8 Å². The van der Waals surface area contributed by atoms with E-state index in [1.807, 2.05) is 0 Å². The van der Waals surface area contributed by atoms with Gasteiger partial charge in [0.15, 0.2) is 0 Å². The largest absolute Gasteiger partial charge is 0.349 e. The molecule has 0 aliphatic carbocycles. The van der Waals surface area contributed by atoms with Crippen molar-refractivity contribution >= 4 is 66.6 Å². The molecule has 7 nitrogen and oxygen atoms in total. The van der Waals surface area contributed by atoms with E-state index in [1.165, 1.54) is 17.0 Å². The van der Waals surface area contributed by atoms with E-state index in [-0.39, 0.29) is 29.9 Å². The molecule has 0 saturated carbocycles. The Hall–Kier alpha value is -3.07. The minimum absolute atomic E-state index is 0.102. The van der Waals surface area contributed by atoms with Gasteiger partial charge < -0.3 is 10.2 Å². The topological polar surface area (TPSA) is 95.6 Å². The van der Waals surface area contributed by atoms with Crippen molar-refractivity contribution in [2.75, 3.05) is 0 Å². The molecule has 2 aromatic rings. The van der Waals surface area contributed by atoms with Gasteiger partial charge in [-0.15, -0.1) is 0 Å².